The smallest absolute Gasteiger partial charge is 0.229 e. The molecule has 0 fully saturated rings. The highest BCUT2D eigenvalue weighted by molar-refractivity contribution is 7.98. The molecule has 0 aromatic heterocycles. The topological polar surface area (TPSA) is 66.4 Å². The number of nitrogens with one attached hydrogen (secondary N) is 1. The number of rotatable bonds is 3. The van der Waals surface area contributed by atoms with Gasteiger partial charge in [0.2, 0.25) is 10.0 Å². The van der Waals surface area contributed by atoms with E-state index in [1.165, 1.54) is 23.9 Å². The van der Waals surface area contributed by atoms with Crippen molar-refractivity contribution in [2.45, 2.75) is 4.90 Å². The molecule has 0 amide bonds. The van der Waals surface area contributed by atoms with Gasteiger partial charge in [0, 0.05) is 5.69 Å². The normalized spacial score (nSPS) is 11.3. The minimum Gasteiger partial charge on any atom is -0.507 e. The van der Waals surface area contributed by atoms with Crippen LogP contribution in [-0.2, 0) is 10.0 Å². The van der Waals surface area contributed by atoms with Gasteiger partial charge in [0.25, 0.3) is 0 Å². The van der Waals surface area contributed by atoms with Gasteiger partial charge in [-0.25, -0.2) is 8.42 Å². The molecular formula is C8H11NO3S2. The molecule has 1 aromatic rings. The molecule has 0 spiro atoms. The van der Waals surface area contributed by atoms with Crippen LogP contribution in [0.3, 0.4) is 0 Å². The molecule has 1 rings (SSSR count). The van der Waals surface area contributed by atoms with E-state index in [2.05, 4.69) is 4.72 Å². The summed E-state index contributed by atoms with van der Waals surface area (Å²) >= 11 is 1.35. The van der Waals surface area contributed by atoms with Crippen molar-refractivity contribution in [2.24, 2.45) is 0 Å². The van der Waals surface area contributed by atoms with Gasteiger partial charge in [0.1, 0.15) is 5.75 Å². The van der Waals surface area contributed by atoms with Gasteiger partial charge in [0.15, 0.2) is 0 Å². The number of thioether (sulfide) groups is 1. The lowest BCUT2D eigenvalue weighted by molar-refractivity contribution is 0.462. The van der Waals surface area contributed by atoms with Gasteiger partial charge < -0.3 is 5.11 Å². The Bertz CT molecular complexity index is 428. The first-order valence-electron chi connectivity index (χ1n) is 3.77. The number of hydrogen-bond acceptors (Lipinski definition) is 4. The van der Waals surface area contributed by atoms with Gasteiger partial charge >= 0.3 is 0 Å². The van der Waals surface area contributed by atoms with Crippen molar-refractivity contribution in [3.8, 4) is 5.75 Å². The molecule has 4 nitrogen and oxygen atoms in total. The number of anilines is 1. The highest BCUT2D eigenvalue weighted by Crippen LogP contribution is 2.29. The van der Waals surface area contributed by atoms with Crippen molar-refractivity contribution in [3.63, 3.8) is 0 Å². The summed E-state index contributed by atoms with van der Waals surface area (Å²) < 4.78 is 24.1. The predicted octanol–water partition coefficient (Wildman–Crippen LogP) is 1.49. The van der Waals surface area contributed by atoms with Crippen LogP contribution in [0.1, 0.15) is 0 Å². The van der Waals surface area contributed by atoms with Crippen LogP contribution in [0.5, 0.6) is 5.75 Å². The summed E-state index contributed by atoms with van der Waals surface area (Å²) in [5, 5.41) is 9.34. The average Bonchev–Trinajstić information content (AvgIpc) is 2.06. The molecule has 14 heavy (non-hydrogen) atoms. The molecule has 6 heteroatoms. The number of phenols is 1. The fourth-order valence-electron chi connectivity index (χ4n) is 0.955. The molecule has 0 unspecified atom stereocenters. The summed E-state index contributed by atoms with van der Waals surface area (Å²) in [6.07, 6.45) is 2.89. The Morgan fingerprint density at radius 2 is 2.07 bits per heavy atom. The highest BCUT2D eigenvalue weighted by atomic mass is 32.2. The van der Waals surface area contributed by atoms with Crippen molar-refractivity contribution >= 4 is 27.5 Å². The Labute approximate surface area is 87.4 Å². The number of phenolic OH excluding ortho intramolecular Hbond substituents is 1. The fourth-order valence-corrected chi connectivity index (χ4v) is 2.03. The molecule has 0 aliphatic heterocycles. The number of benzene rings is 1. The van der Waals surface area contributed by atoms with Gasteiger partial charge in [-0.3, -0.25) is 4.72 Å². The van der Waals surface area contributed by atoms with Crippen LogP contribution in [0.25, 0.3) is 0 Å². The molecular weight excluding hydrogens is 222 g/mol. The second-order valence-corrected chi connectivity index (χ2v) is 5.36. The van der Waals surface area contributed by atoms with Crippen LogP contribution in [-0.4, -0.2) is 26.0 Å². The van der Waals surface area contributed by atoms with Crippen molar-refractivity contribution in [3.05, 3.63) is 18.2 Å². The Kier molecular flexibility index (Phi) is 3.28. The molecule has 0 bridgehead atoms. The standard InChI is InChI=1S/C8H11NO3S2/c1-13-8-5-6(3-4-7(8)10)9-14(2,11)12/h3-5,9-10H,1-2H3. The third-order valence-electron chi connectivity index (χ3n) is 1.48. The summed E-state index contributed by atoms with van der Waals surface area (Å²) in [7, 11) is -3.26. The summed E-state index contributed by atoms with van der Waals surface area (Å²) in [6, 6.07) is 4.55. The lowest BCUT2D eigenvalue weighted by atomic mass is 10.3. The van der Waals surface area contributed by atoms with Gasteiger partial charge in [-0.05, 0) is 24.5 Å². The first kappa shape index (κ1) is 11.2. The molecule has 0 atom stereocenters. The maximum Gasteiger partial charge on any atom is 0.229 e. The minimum absolute atomic E-state index is 0.150. The van der Waals surface area contributed by atoms with E-state index in [1.54, 1.807) is 12.3 Å². The van der Waals surface area contributed by atoms with Gasteiger partial charge in [-0.15, -0.1) is 11.8 Å². The summed E-state index contributed by atoms with van der Waals surface area (Å²) in [5.74, 6) is 0.150. The predicted molar refractivity (Wildman–Crippen MR) is 58.4 cm³/mol. The molecule has 2 N–H and O–H groups in total. The second-order valence-electron chi connectivity index (χ2n) is 2.76. The van der Waals surface area contributed by atoms with Crippen molar-refractivity contribution in [1.29, 1.82) is 0 Å². The van der Waals surface area contributed by atoms with Gasteiger partial charge in [-0.2, -0.15) is 0 Å². The minimum atomic E-state index is -3.26. The van der Waals surface area contributed by atoms with Gasteiger partial charge in [0.05, 0.1) is 11.2 Å². The van der Waals surface area contributed by atoms with E-state index in [0.717, 1.165) is 6.26 Å². The van der Waals surface area contributed by atoms with E-state index in [-0.39, 0.29) is 5.75 Å². The molecule has 0 saturated heterocycles. The molecule has 1 aromatic carbocycles. The Balaban J connectivity index is 3.01. The summed E-state index contributed by atoms with van der Waals surface area (Å²) in [4.78, 5) is 0.638. The van der Waals surface area contributed by atoms with Crippen LogP contribution in [0.15, 0.2) is 23.1 Å². The van der Waals surface area contributed by atoms with E-state index in [0.29, 0.717) is 10.6 Å². The second kappa shape index (κ2) is 4.10. The van der Waals surface area contributed by atoms with E-state index in [1.807, 2.05) is 0 Å². The lowest BCUT2D eigenvalue weighted by Gasteiger charge is -2.06. The lowest BCUT2D eigenvalue weighted by Crippen LogP contribution is -2.09. The Hall–Kier alpha value is -0.880. The molecule has 0 heterocycles. The van der Waals surface area contributed by atoms with E-state index >= 15 is 0 Å². The third-order valence-corrected chi connectivity index (χ3v) is 2.86. The van der Waals surface area contributed by atoms with Gasteiger partial charge in [-0.1, -0.05) is 0 Å². The zero-order valence-electron chi connectivity index (χ0n) is 7.81. The van der Waals surface area contributed by atoms with Crippen LogP contribution < -0.4 is 4.72 Å². The van der Waals surface area contributed by atoms with E-state index < -0.39 is 10.0 Å². The third kappa shape index (κ3) is 3.12. The zero-order chi connectivity index (χ0) is 10.8. The van der Waals surface area contributed by atoms with Crippen LogP contribution in [0.4, 0.5) is 5.69 Å². The Morgan fingerprint density at radius 1 is 1.43 bits per heavy atom. The monoisotopic (exact) mass is 233 g/mol. The zero-order valence-corrected chi connectivity index (χ0v) is 9.45. The molecule has 0 radical (unpaired) electrons. The molecule has 0 saturated carbocycles. The SMILES string of the molecule is CSc1cc(NS(C)(=O)=O)ccc1O. The van der Waals surface area contributed by atoms with Crippen molar-refractivity contribution < 1.29 is 13.5 Å². The summed E-state index contributed by atoms with van der Waals surface area (Å²) in [6.45, 7) is 0. The van der Waals surface area contributed by atoms with Crippen LogP contribution in [0, 0.1) is 0 Å². The largest absolute Gasteiger partial charge is 0.507 e. The maximum atomic E-state index is 10.9. The van der Waals surface area contributed by atoms with Crippen LogP contribution in [0.2, 0.25) is 0 Å². The number of sulfonamides is 1. The molecule has 78 valence electrons. The first-order chi connectivity index (χ1) is 6.42. The van der Waals surface area contributed by atoms with Crippen LogP contribution >= 0.6 is 11.8 Å². The van der Waals surface area contributed by atoms with Crippen molar-refractivity contribution in [2.75, 3.05) is 17.2 Å². The maximum absolute atomic E-state index is 10.9. The quantitative estimate of drug-likeness (QED) is 0.613. The number of hydrogen-bond donors (Lipinski definition) is 2. The highest BCUT2D eigenvalue weighted by Gasteiger charge is 2.05. The number of aromatic hydroxyl groups is 1. The van der Waals surface area contributed by atoms with Crippen molar-refractivity contribution in [1.82, 2.24) is 0 Å². The first-order valence-corrected chi connectivity index (χ1v) is 6.89. The van der Waals surface area contributed by atoms with E-state index in [4.69, 9.17) is 0 Å². The molecule has 0 aliphatic carbocycles. The molecule has 0 aliphatic rings. The average molecular weight is 233 g/mol. The van der Waals surface area contributed by atoms with E-state index in [9.17, 15) is 13.5 Å². The summed E-state index contributed by atoms with van der Waals surface area (Å²) in [5.41, 5.74) is 0.453. The Morgan fingerprint density at radius 3 is 2.57 bits per heavy atom. The fraction of sp³-hybridized carbons (Fsp3) is 0.250.